The molecule has 0 radical (unpaired) electrons. The first kappa shape index (κ1) is 12.1. The van der Waals surface area contributed by atoms with Crippen LogP contribution in [0.4, 0.5) is 20.2 Å². The van der Waals surface area contributed by atoms with Crippen LogP contribution in [0.1, 0.15) is 11.1 Å². The zero-order valence-electron chi connectivity index (χ0n) is 9.67. The van der Waals surface area contributed by atoms with E-state index in [1.165, 1.54) is 18.2 Å². The van der Waals surface area contributed by atoms with Gasteiger partial charge in [0.1, 0.15) is 11.6 Å². The van der Waals surface area contributed by atoms with Gasteiger partial charge in [-0.3, -0.25) is 0 Å². The van der Waals surface area contributed by atoms with E-state index in [1.807, 2.05) is 6.07 Å². The van der Waals surface area contributed by atoms with Crippen LogP contribution >= 0.6 is 0 Å². The molecule has 0 aliphatic heterocycles. The summed E-state index contributed by atoms with van der Waals surface area (Å²) in [7, 11) is 0. The second-order valence-electron chi connectivity index (χ2n) is 3.88. The van der Waals surface area contributed by atoms with E-state index in [9.17, 15) is 8.78 Å². The smallest absolute Gasteiger partial charge is 0.128 e. The first-order valence-electron chi connectivity index (χ1n) is 5.33. The minimum Gasteiger partial charge on any atom is -0.355 e. The molecule has 0 spiro atoms. The SMILES string of the molecule is Cc1c(F)cccc1Nc1cc(F)cc(C#N)c1. The molecule has 0 amide bonds. The van der Waals surface area contributed by atoms with Gasteiger partial charge in [-0.1, -0.05) is 6.07 Å². The topological polar surface area (TPSA) is 35.8 Å². The summed E-state index contributed by atoms with van der Waals surface area (Å²) >= 11 is 0. The van der Waals surface area contributed by atoms with Crippen LogP contribution in [0.2, 0.25) is 0 Å². The standard InChI is InChI=1S/C14H10F2N2/c1-9-13(16)3-2-4-14(9)18-12-6-10(8-17)5-11(15)7-12/h2-7,18H,1H3. The molecule has 0 aliphatic rings. The van der Waals surface area contributed by atoms with Gasteiger partial charge in [-0.2, -0.15) is 5.26 Å². The second-order valence-corrected chi connectivity index (χ2v) is 3.88. The van der Waals surface area contributed by atoms with E-state index in [2.05, 4.69) is 5.32 Å². The monoisotopic (exact) mass is 244 g/mol. The zero-order valence-corrected chi connectivity index (χ0v) is 9.67. The summed E-state index contributed by atoms with van der Waals surface area (Å²) in [5.41, 5.74) is 1.62. The molecular formula is C14H10F2N2. The van der Waals surface area contributed by atoms with Crippen LogP contribution in [0.5, 0.6) is 0 Å². The van der Waals surface area contributed by atoms with Gasteiger partial charge >= 0.3 is 0 Å². The summed E-state index contributed by atoms with van der Waals surface area (Å²) in [6.07, 6.45) is 0. The molecule has 2 aromatic rings. The number of anilines is 2. The van der Waals surface area contributed by atoms with Crippen LogP contribution < -0.4 is 5.32 Å². The van der Waals surface area contributed by atoms with E-state index in [4.69, 9.17) is 5.26 Å². The average Bonchev–Trinajstić information content (AvgIpc) is 2.34. The summed E-state index contributed by atoms with van der Waals surface area (Å²) in [5, 5.41) is 11.6. The number of hydrogen-bond donors (Lipinski definition) is 1. The van der Waals surface area contributed by atoms with Gasteiger partial charge in [0.15, 0.2) is 0 Å². The Hall–Kier alpha value is -2.41. The van der Waals surface area contributed by atoms with Crippen molar-refractivity contribution < 1.29 is 8.78 Å². The van der Waals surface area contributed by atoms with Gasteiger partial charge in [-0.15, -0.1) is 0 Å². The Morgan fingerprint density at radius 2 is 1.94 bits per heavy atom. The van der Waals surface area contributed by atoms with Crippen LogP contribution in [0, 0.1) is 29.9 Å². The van der Waals surface area contributed by atoms with Gasteiger partial charge in [0.05, 0.1) is 11.6 Å². The minimum atomic E-state index is -0.509. The predicted molar refractivity (Wildman–Crippen MR) is 65.5 cm³/mol. The lowest BCUT2D eigenvalue weighted by Crippen LogP contribution is -1.96. The fourth-order valence-electron chi connectivity index (χ4n) is 1.62. The third-order valence-electron chi connectivity index (χ3n) is 2.57. The van der Waals surface area contributed by atoms with Crippen LogP contribution in [-0.2, 0) is 0 Å². The predicted octanol–water partition coefficient (Wildman–Crippen LogP) is 3.89. The maximum atomic E-state index is 13.3. The Labute approximate surface area is 103 Å². The molecule has 0 bridgehead atoms. The van der Waals surface area contributed by atoms with Gasteiger partial charge in [0.2, 0.25) is 0 Å². The fourth-order valence-corrected chi connectivity index (χ4v) is 1.62. The average molecular weight is 244 g/mol. The molecule has 0 unspecified atom stereocenters. The molecule has 1 N–H and O–H groups in total. The highest BCUT2D eigenvalue weighted by atomic mass is 19.1. The molecule has 0 aromatic heterocycles. The van der Waals surface area contributed by atoms with E-state index in [0.717, 1.165) is 6.07 Å². The zero-order chi connectivity index (χ0) is 13.1. The third kappa shape index (κ3) is 2.46. The molecule has 0 aliphatic carbocycles. The van der Waals surface area contributed by atoms with Crippen molar-refractivity contribution in [1.29, 1.82) is 5.26 Å². The van der Waals surface area contributed by atoms with Crippen molar-refractivity contribution in [2.24, 2.45) is 0 Å². The number of halogens is 2. The highest BCUT2D eigenvalue weighted by molar-refractivity contribution is 5.64. The van der Waals surface area contributed by atoms with E-state index < -0.39 is 5.82 Å². The van der Waals surface area contributed by atoms with Crippen molar-refractivity contribution >= 4 is 11.4 Å². The Balaban J connectivity index is 2.37. The molecule has 0 heterocycles. The summed E-state index contributed by atoms with van der Waals surface area (Å²) in [6.45, 7) is 1.63. The van der Waals surface area contributed by atoms with Crippen molar-refractivity contribution in [3.05, 3.63) is 59.2 Å². The fraction of sp³-hybridized carbons (Fsp3) is 0.0714. The van der Waals surface area contributed by atoms with Crippen molar-refractivity contribution in [2.45, 2.75) is 6.92 Å². The normalized spacial score (nSPS) is 9.89. The van der Waals surface area contributed by atoms with E-state index >= 15 is 0 Å². The maximum absolute atomic E-state index is 13.3. The summed E-state index contributed by atoms with van der Waals surface area (Å²) in [6, 6.07) is 10.4. The molecule has 0 saturated heterocycles. The summed E-state index contributed by atoms with van der Waals surface area (Å²) in [5.74, 6) is -0.845. The van der Waals surface area contributed by atoms with Gasteiger partial charge in [0, 0.05) is 16.9 Å². The van der Waals surface area contributed by atoms with Gasteiger partial charge < -0.3 is 5.32 Å². The van der Waals surface area contributed by atoms with Crippen LogP contribution in [-0.4, -0.2) is 0 Å². The Kier molecular flexibility index (Phi) is 3.24. The molecule has 0 fully saturated rings. The number of nitriles is 1. The van der Waals surface area contributed by atoms with Crippen molar-refractivity contribution in [3.8, 4) is 6.07 Å². The second kappa shape index (κ2) is 4.84. The molecule has 0 atom stereocenters. The van der Waals surface area contributed by atoms with E-state index in [0.29, 0.717) is 16.9 Å². The Bertz CT molecular complexity index is 630. The van der Waals surface area contributed by atoms with Crippen LogP contribution in [0.3, 0.4) is 0 Å². The molecule has 4 heteroatoms. The van der Waals surface area contributed by atoms with Gasteiger partial charge in [-0.25, -0.2) is 8.78 Å². The number of benzene rings is 2. The molecular weight excluding hydrogens is 234 g/mol. The minimum absolute atomic E-state index is 0.214. The molecule has 18 heavy (non-hydrogen) atoms. The highest BCUT2D eigenvalue weighted by Crippen LogP contribution is 2.23. The van der Waals surface area contributed by atoms with Crippen LogP contribution in [0.15, 0.2) is 36.4 Å². The van der Waals surface area contributed by atoms with Crippen molar-refractivity contribution in [3.63, 3.8) is 0 Å². The molecule has 90 valence electrons. The Morgan fingerprint density at radius 3 is 2.67 bits per heavy atom. The summed E-state index contributed by atoms with van der Waals surface area (Å²) in [4.78, 5) is 0. The number of hydrogen-bond acceptors (Lipinski definition) is 2. The molecule has 2 rings (SSSR count). The number of rotatable bonds is 2. The lowest BCUT2D eigenvalue weighted by Gasteiger charge is -2.10. The number of nitrogens with zero attached hydrogens (tertiary/aromatic N) is 1. The Morgan fingerprint density at radius 1 is 1.17 bits per heavy atom. The molecule has 2 aromatic carbocycles. The first-order valence-corrected chi connectivity index (χ1v) is 5.33. The largest absolute Gasteiger partial charge is 0.355 e. The lowest BCUT2D eigenvalue weighted by atomic mass is 10.1. The third-order valence-corrected chi connectivity index (χ3v) is 2.57. The van der Waals surface area contributed by atoms with Crippen LogP contribution in [0.25, 0.3) is 0 Å². The van der Waals surface area contributed by atoms with Crippen molar-refractivity contribution in [2.75, 3.05) is 5.32 Å². The molecule has 2 nitrogen and oxygen atoms in total. The lowest BCUT2D eigenvalue weighted by molar-refractivity contribution is 0.619. The van der Waals surface area contributed by atoms with E-state index in [-0.39, 0.29) is 11.4 Å². The van der Waals surface area contributed by atoms with Crippen molar-refractivity contribution in [1.82, 2.24) is 0 Å². The van der Waals surface area contributed by atoms with E-state index in [1.54, 1.807) is 19.1 Å². The quantitative estimate of drug-likeness (QED) is 0.869. The molecule has 0 saturated carbocycles. The van der Waals surface area contributed by atoms with Gasteiger partial charge in [-0.05, 0) is 37.3 Å². The highest BCUT2D eigenvalue weighted by Gasteiger charge is 2.05. The summed E-state index contributed by atoms with van der Waals surface area (Å²) < 4.78 is 26.6. The first-order chi connectivity index (χ1) is 8.60. The maximum Gasteiger partial charge on any atom is 0.128 e. The number of nitrogens with one attached hydrogen (secondary N) is 1. The van der Waals surface area contributed by atoms with Gasteiger partial charge in [0.25, 0.3) is 0 Å².